The lowest BCUT2D eigenvalue weighted by Crippen LogP contribution is -2.50. The zero-order valence-corrected chi connectivity index (χ0v) is 19.3. The van der Waals surface area contributed by atoms with Gasteiger partial charge in [-0.25, -0.2) is 0 Å². The first-order valence-electron chi connectivity index (χ1n) is 10.7. The van der Waals surface area contributed by atoms with Crippen molar-refractivity contribution in [2.75, 3.05) is 26.2 Å². The predicted molar refractivity (Wildman–Crippen MR) is 124 cm³/mol. The third-order valence-corrected chi connectivity index (χ3v) is 7.98. The Labute approximate surface area is 183 Å². The summed E-state index contributed by atoms with van der Waals surface area (Å²) < 4.78 is 0. The van der Waals surface area contributed by atoms with Crippen molar-refractivity contribution in [1.82, 2.24) is 14.8 Å². The number of piperazine rings is 1. The minimum atomic E-state index is 0.0805. The third-order valence-electron chi connectivity index (χ3n) is 5.67. The average molecular weight is 432 g/mol. The molecule has 2 atom stereocenters. The van der Waals surface area contributed by atoms with Crippen LogP contribution in [0.1, 0.15) is 44.2 Å². The van der Waals surface area contributed by atoms with Crippen molar-refractivity contribution in [2.45, 2.75) is 50.7 Å². The van der Waals surface area contributed by atoms with Crippen molar-refractivity contribution in [3.63, 3.8) is 0 Å². The second kappa shape index (κ2) is 11.7. The monoisotopic (exact) mass is 431 g/mol. The molecule has 0 aliphatic carbocycles. The third kappa shape index (κ3) is 6.83. The van der Waals surface area contributed by atoms with Crippen molar-refractivity contribution in [2.24, 2.45) is 5.92 Å². The van der Waals surface area contributed by atoms with E-state index in [4.69, 9.17) is 0 Å². The van der Waals surface area contributed by atoms with Gasteiger partial charge >= 0.3 is 0 Å². The zero-order chi connectivity index (χ0) is 20.5. The van der Waals surface area contributed by atoms with E-state index in [1.807, 2.05) is 24.2 Å². The highest BCUT2D eigenvalue weighted by atomic mass is 32.2. The highest BCUT2D eigenvalue weighted by Gasteiger charge is 2.30. The number of hydrogen-bond acceptors (Lipinski definition) is 5. The SMILES string of the molecule is CCCCC(SCc1ccsc1)C(C)C(=O)N1CCN(Cc2ccncc2)CC1. The van der Waals surface area contributed by atoms with E-state index in [0.29, 0.717) is 11.2 Å². The van der Waals surface area contributed by atoms with Crippen molar-refractivity contribution >= 4 is 29.0 Å². The van der Waals surface area contributed by atoms with E-state index >= 15 is 0 Å². The molecular formula is C23H33N3OS2. The van der Waals surface area contributed by atoms with Gasteiger partial charge in [-0.3, -0.25) is 14.7 Å². The van der Waals surface area contributed by atoms with E-state index in [1.54, 1.807) is 11.3 Å². The summed E-state index contributed by atoms with van der Waals surface area (Å²) in [7, 11) is 0. The largest absolute Gasteiger partial charge is 0.340 e. The van der Waals surface area contributed by atoms with Crippen LogP contribution in [0.25, 0.3) is 0 Å². The van der Waals surface area contributed by atoms with Crippen LogP contribution in [-0.4, -0.2) is 52.1 Å². The summed E-state index contributed by atoms with van der Waals surface area (Å²) in [5.41, 5.74) is 2.67. The second-order valence-corrected chi connectivity index (χ2v) is 9.88. The van der Waals surface area contributed by atoms with Gasteiger partial charge in [0.25, 0.3) is 0 Å². The topological polar surface area (TPSA) is 36.4 Å². The zero-order valence-electron chi connectivity index (χ0n) is 17.6. The molecular weight excluding hydrogens is 398 g/mol. The summed E-state index contributed by atoms with van der Waals surface area (Å²) in [6.07, 6.45) is 7.20. The molecule has 0 radical (unpaired) electrons. The van der Waals surface area contributed by atoms with Crippen molar-refractivity contribution < 1.29 is 4.79 Å². The summed E-state index contributed by atoms with van der Waals surface area (Å²) in [5, 5.41) is 4.76. The van der Waals surface area contributed by atoms with E-state index in [0.717, 1.165) is 44.9 Å². The van der Waals surface area contributed by atoms with E-state index in [1.165, 1.54) is 24.0 Å². The molecule has 2 unspecified atom stereocenters. The Morgan fingerprint density at radius 1 is 1.17 bits per heavy atom. The first-order chi connectivity index (χ1) is 14.2. The summed E-state index contributed by atoms with van der Waals surface area (Å²) in [5.74, 6) is 1.43. The summed E-state index contributed by atoms with van der Waals surface area (Å²) in [6, 6.07) is 6.34. The minimum absolute atomic E-state index is 0.0805. The molecule has 3 rings (SSSR count). The lowest BCUT2D eigenvalue weighted by Gasteiger charge is -2.37. The van der Waals surface area contributed by atoms with Gasteiger partial charge in [0.2, 0.25) is 5.91 Å². The fraction of sp³-hybridized carbons (Fsp3) is 0.565. The minimum Gasteiger partial charge on any atom is -0.340 e. The maximum Gasteiger partial charge on any atom is 0.226 e. The van der Waals surface area contributed by atoms with Crippen LogP contribution in [0.3, 0.4) is 0 Å². The molecule has 1 saturated heterocycles. The Kier molecular flexibility index (Phi) is 9.02. The highest BCUT2D eigenvalue weighted by Crippen LogP contribution is 2.30. The molecule has 0 aromatic carbocycles. The number of aromatic nitrogens is 1. The van der Waals surface area contributed by atoms with Gasteiger partial charge < -0.3 is 4.90 Å². The van der Waals surface area contributed by atoms with E-state index in [-0.39, 0.29) is 5.92 Å². The molecule has 29 heavy (non-hydrogen) atoms. The number of thioether (sulfide) groups is 1. The molecule has 3 heterocycles. The molecule has 1 fully saturated rings. The predicted octanol–water partition coefficient (Wildman–Crippen LogP) is 4.92. The molecule has 2 aromatic heterocycles. The number of hydrogen-bond donors (Lipinski definition) is 0. The molecule has 0 bridgehead atoms. The van der Waals surface area contributed by atoms with Crippen molar-refractivity contribution in [3.8, 4) is 0 Å². The second-order valence-electron chi connectivity index (χ2n) is 7.87. The van der Waals surface area contributed by atoms with Crippen molar-refractivity contribution in [3.05, 3.63) is 52.5 Å². The molecule has 0 spiro atoms. The Morgan fingerprint density at radius 3 is 2.59 bits per heavy atom. The number of rotatable bonds is 10. The molecule has 0 saturated carbocycles. The van der Waals surface area contributed by atoms with Crippen LogP contribution in [0.2, 0.25) is 0 Å². The van der Waals surface area contributed by atoms with Gasteiger partial charge in [0.05, 0.1) is 0 Å². The molecule has 0 N–H and O–H groups in total. The lowest BCUT2D eigenvalue weighted by atomic mass is 10.0. The summed E-state index contributed by atoms with van der Waals surface area (Å²) >= 11 is 3.72. The number of nitrogens with zero attached hydrogens (tertiary/aromatic N) is 3. The molecule has 1 aliphatic rings. The van der Waals surface area contributed by atoms with Crippen LogP contribution in [-0.2, 0) is 17.1 Å². The van der Waals surface area contributed by atoms with Crippen LogP contribution in [0.4, 0.5) is 0 Å². The standard InChI is InChI=1S/C23H33N3OS2/c1-3-4-5-22(29-18-21-8-15-28-17-21)19(2)23(27)26-13-11-25(12-14-26)16-20-6-9-24-10-7-20/h6-10,15,17,19,22H,3-5,11-14,16,18H2,1-2H3. The normalized spacial score (nSPS) is 17.2. The van der Waals surface area contributed by atoms with Gasteiger partial charge in [0.15, 0.2) is 0 Å². The quantitative estimate of drug-likeness (QED) is 0.535. The van der Waals surface area contributed by atoms with Gasteiger partial charge in [-0.05, 0) is 46.5 Å². The van der Waals surface area contributed by atoms with Gasteiger partial charge in [0.1, 0.15) is 0 Å². The van der Waals surface area contributed by atoms with Gasteiger partial charge in [0, 0.05) is 62.0 Å². The fourth-order valence-electron chi connectivity index (χ4n) is 3.78. The summed E-state index contributed by atoms with van der Waals surface area (Å²) in [6.45, 7) is 8.89. The first-order valence-corrected chi connectivity index (χ1v) is 12.7. The van der Waals surface area contributed by atoms with E-state index < -0.39 is 0 Å². The van der Waals surface area contributed by atoms with E-state index in [2.05, 4.69) is 57.6 Å². The Bertz CT molecular complexity index is 715. The van der Waals surface area contributed by atoms with E-state index in [9.17, 15) is 4.79 Å². The number of carbonyl (C=O) groups excluding carboxylic acids is 1. The number of thiophene rings is 1. The molecule has 158 valence electrons. The van der Waals surface area contributed by atoms with Crippen LogP contribution in [0.5, 0.6) is 0 Å². The van der Waals surface area contributed by atoms with Crippen LogP contribution in [0, 0.1) is 5.92 Å². The number of pyridine rings is 1. The van der Waals surface area contributed by atoms with Gasteiger partial charge in [-0.1, -0.05) is 26.7 Å². The Hall–Kier alpha value is -1.37. The van der Waals surface area contributed by atoms with Crippen LogP contribution in [0.15, 0.2) is 41.4 Å². The maximum absolute atomic E-state index is 13.2. The number of amides is 1. The number of carbonyl (C=O) groups is 1. The maximum atomic E-state index is 13.2. The molecule has 1 amide bonds. The first kappa shape index (κ1) is 22.3. The van der Waals surface area contributed by atoms with Crippen LogP contribution >= 0.6 is 23.1 Å². The average Bonchev–Trinajstić information content (AvgIpc) is 3.28. The smallest absolute Gasteiger partial charge is 0.226 e. The Balaban J connectivity index is 1.50. The van der Waals surface area contributed by atoms with Crippen molar-refractivity contribution in [1.29, 1.82) is 0 Å². The lowest BCUT2D eigenvalue weighted by molar-refractivity contribution is -0.136. The number of unbranched alkanes of at least 4 members (excludes halogenated alkanes) is 1. The Morgan fingerprint density at radius 2 is 1.93 bits per heavy atom. The molecule has 6 heteroatoms. The van der Waals surface area contributed by atoms with Gasteiger partial charge in [-0.15, -0.1) is 0 Å². The molecule has 1 aliphatic heterocycles. The molecule has 2 aromatic rings. The van der Waals surface area contributed by atoms with Gasteiger partial charge in [-0.2, -0.15) is 23.1 Å². The fourth-order valence-corrected chi connectivity index (χ4v) is 5.88. The summed E-state index contributed by atoms with van der Waals surface area (Å²) in [4.78, 5) is 21.8. The van der Waals surface area contributed by atoms with Crippen LogP contribution < -0.4 is 0 Å². The highest BCUT2D eigenvalue weighted by molar-refractivity contribution is 7.99. The molecule has 4 nitrogen and oxygen atoms in total.